The van der Waals surface area contributed by atoms with E-state index in [9.17, 15) is 0 Å². The third kappa shape index (κ3) is 3.80. The monoisotopic (exact) mass is 359 g/mol. The van der Waals surface area contributed by atoms with Crippen molar-refractivity contribution < 1.29 is 0 Å². The molecule has 1 aromatic heterocycles. The van der Waals surface area contributed by atoms with Gasteiger partial charge < -0.3 is 5.32 Å². The SMILES string of the molecule is CCNC(Cc1c(Br)c(C)nn1CC)C1CCCCS1. The molecule has 1 aromatic rings. The lowest BCUT2D eigenvalue weighted by Gasteiger charge is -2.30. The maximum atomic E-state index is 4.62. The second-order valence-electron chi connectivity index (χ2n) is 5.44. The van der Waals surface area contributed by atoms with E-state index < -0.39 is 0 Å². The zero-order valence-electron chi connectivity index (χ0n) is 12.8. The highest BCUT2D eigenvalue weighted by Gasteiger charge is 2.26. The standard InChI is InChI=1S/C15H26BrN3S/c1-4-17-12(14-8-6-7-9-20-14)10-13-15(16)11(3)18-19(13)5-2/h12,14,17H,4-10H2,1-3H3. The zero-order chi connectivity index (χ0) is 14.5. The smallest absolute Gasteiger partial charge is 0.0738 e. The summed E-state index contributed by atoms with van der Waals surface area (Å²) in [5.41, 5.74) is 2.45. The van der Waals surface area contributed by atoms with Crippen LogP contribution in [-0.2, 0) is 13.0 Å². The normalized spacial score (nSPS) is 21.1. The molecule has 1 fully saturated rings. The molecule has 2 atom stereocenters. The average Bonchev–Trinajstić information content (AvgIpc) is 2.75. The van der Waals surface area contributed by atoms with Crippen LogP contribution in [0.1, 0.15) is 44.5 Å². The highest BCUT2D eigenvalue weighted by atomic mass is 79.9. The highest BCUT2D eigenvalue weighted by molar-refractivity contribution is 9.10. The summed E-state index contributed by atoms with van der Waals surface area (Å²) in [6.07, 6.45) is 5.18. The molecule has 114 valence electrons. The van der Waals surface area contributed by atoms with Crippen LogP contribution in [-0.4, -0.2) is 33.4 Å². The molecule has 0 saturated carbocycles. The van der Waals surface area contributed by atoms with Crippen molar-refractivity contribution in [1.29, 1.82) is 0 Å². The van der Waals surface area contributed by atoms with Crippen LogP contribution < -0.4 is 5.32 Å². The summed E-state index contributed by atoms with van der Waals surface area (Å²) in [6.45, 7) is 8.44. The van der Waals surface area contributed by atoms with Gasteiger partial charge in [0.25, 0.3) is 0 Å². The first kappa shape index (κ1) is 16.4. The Morgan fingerprint density at radius 2 is 2.25 bits per heavy atom. The highest BCUT2D eigenvalue weighted by Crippen LogP contribution is 2.31. The molecule has 0 aromatic carbocycles. The van der Waals surface area contributed by atoms with E-state index in [1.165, 1.54) is 35.2 Å². The Hall–Kier alpha value is -0.000000000000000111. The van der Waals surface area contributed by atoms with Crippen LogP contribution in [0.15, 0.2) is 4.47 Å². The summed E-state index contributed by atoms with van der Waals surface area (Å²) < 4.78 is 3.35. The van der Waals surface area contributed by atoms with Gasteiger partial charge >= 0.3 is 0 Å². The number of nitrogens with zero attached hydrogens (tertiary/aromatic N) is 2. The van der Waals surface area contributed by atoms with Crippen molar-refractivity contribution >= 4 is 27.7 Å². The first-order chi connectivity index (χ1) is 9.67. The molecular weight excluding hydrogens is 334 g/mol. The van der Waals surface area contributed by atoms with Gasteiger partial charge in [0.15, 0.2) is 0 Å². The maximum Gasteiger partial charge on any atom is 0.0738 e. The van der Waals surface area contributed by atoms with E-state index in [2.05, 4.69) is 63.6 Å². The number of hydrogen-bond acceptors (Lipinski definition) is 3. The minimum atomic E-state index is 0.558. The Balaban J connectivity index is 2.14. The van der Waals surface area contributed by atoms with Gasteiger partial charge in [-0.15, -0.1) is 0 Å². The van der Waals surface area contributed by atoms with Crippen molar-refractivity contribution in [2.45, 2.75) is 64.3 Å². The second-order valence-corrected chi connectivity index (χ2v) is 7.58. The number of thioether (sulfide) groups is 1. The van der Waals surface area contributed by atoms with E-state index >= 15 is 0 Å². The molecule has 0 amide bonds. The summed E-state index contributed by atoms with van der Waals surface area (Å²) in [6, 6.07) is 0.558. The minimum Gasteiger partial charge on any atom is -0.313 e. The fraction of sp³-hybridized carbons (Fsp3) is 0.800. The number of aryl methyl sites for hydroxylation is 2. The van der Waals surface area contributed by atoms with Crippen molar-refractivity contribution in [3.05, 3.63) is 15.9 Å². The lowest BCUT2D eigenvalue weighted by atomic mass is 10.0. The van der Waals surface area contributed by atoms with Gasteiger partial charge in [-0.3, -0.25) is 4.68 Å². The van der Waals surface area contributed by atoms with Crippen molar-refractivity contribution in [3.8, 4) is 0 Å². The molecule has 5 heteroatoms. The quantitative estimate of drug-likeness (QED) is 0.837. The summed E-state index contributed by atoms with van der Waals surface area (Å²) in [5.74, 6) is 1.32. The molecule has 3 nitrogen and oxygen atoms in total. The topological polar surface area (TPSA) is 29.9 Å². The Morgan fingerprint density at radius 3 is 2.85 bits per heavy atom. The predicted molar refractivity (Wildman–Crippen MR) is 91.6 cm³/mol. The van der Waals surface area contributed by atoms with Crippen LogP contribution >= 0.6 is 27.7 Å². The lowest BCUT2D eigenvalue weighted by molar-refractivity contribution is 0.456. The molecule has 2 heterocycles. The number of halogens is 1. The fourth-order valence-corrected chi connectivity index (χ4v) is 4.83. The van der Waals surface area contributed by atoms with Gasteiger partial charge in [0.1, 0.15) is 0 Å². The Labute approximate surface area is 135 Å². The third-order valence-corrected chi connectivity index (χ3v) is 6.54. The number of likely N-dealkylation sites (N-methyl/N-ethyl adjacent to an activating group) is 1. The maximum absolute atomic E-state index is 4.62. The molecule has 0 spiro atoms. The molecule has 1 N–H and O–H groups in total. The van der Waals surface area contributed by atoms with E-state index in [1.54, 1.807) is 0 Å². The average molecular weight is 360 g/mol. The first-order valence-electron chi connectivity index (χ1n) is 7.74. The molecule has 2 rings (SSSR count). The van der Waals surface area contributed by atoms with E-state index in [0.29, 0.717) is 6.04 Å². The molecule has 0 aliphatic carbocycles. The molecular formula is C15H26BrN3S. The van der Waals surface area contributed by atoms with Crippen LogP contribution in [0.3, 0.4) is 0 Å². The van der Waals surface area contributed by atoms with Crippen LogP contribution in [0.2, 0.25) is 0 Å². The molecule has 1 saturated heterocycles. The molecule has 20 heavy (non-hydrogen) atoms. The van der Waals surface area contributed by atoms with Gasteiger partial charge in [0.2, 0.25) is 0 Å². The van der Waals surface area contributed by atoms with Crippen molar-refractivity contribution in [2.24, 2.45) is 0 Å². The van der Waals surface area contributed by atoms with Gasteiger partial charge in [0.05, 0.1) is 15.9 Å². The second kappa shape index (κ2) is 7.85. The van der Waals surface area contributed by atoms with Gasteiger partial charge in [-0.05, 0) is 54.9 Å². The summed E-state index contributed by atoms with van der Waals surface area (Å²) in [5, 5.41) is 9.07. The molecule has 2 unspecified atom stereocenters. The van der Waals surface area contributed by atoms with Crippen molar-refractivity contribution in [2.75, 3.05) is 12.3 Å². The summed E-state index contributed by atoms with van der Waals surface area (Å²) >= 11 is 5.88. The van der Waals surface area contributed by atoms with Gasteiger partial charge in [-0.25, -0.2) is 0 Å². The van der Waals surface area contributed by atoms with E-state index in [1.807, 2.05) is 0 Å². The van der Waals surface area contributed by atoms with E-state index in [0.717, 1.165) is 30.5 Å². The van der Waals surface area contributed by atoms with Gasteiger partial charge in [0, 0.05) is 24.3 Å². The molecule has 1 aliphatic rings. The third-order valence-electron chi connectivity index (χ3n) is 4.00. The number of rotatable bonds is 6. The van der Waals surface area contributed by atoms with Crippen LogP contribution in [0, 0.1) is 6.92 Å². The molecule has 0 bridgehead atoms. The largest absolute Gasteiger partial charge is 0.313 e. The van der Waals surface area contributed by atoms with Crippen LogP contribution in [0.5, 0.6) is 0 Å². The minimum absolute atomic E-state index is 0.558. The number of nitrogens with one attached hydrogen (secondary N) is 1. The zero-order valence-corrected chi connectivity index (χ0v) is 15.2. The Bertz CT molecular complexity index is 427. The first-order valence-corrected chi connectivity index (χ1v) is 9.58. The fourth-order valence-electron chi connectivity index (χ4n) is 2.95. The van der Waals surface area contributed by atoms with Gasteiger partial charge in [-0.1, -0.05) is 13.3 Å². The number of aromatic nitrogens is 2. The molecule has 1 aliphatic heterocycles. The van der Waals surface area contributed by atoms with Crippen LogP contribution in [0.4, 0.5) is 0 Å². The van der Waals surface area contributed by atoms with Crippen LogP contribution in [0.25, 0.3) is 0 Å². The van der Waals surface area contributed by atoms with Crippen molar-refractivity contribution in [1.82, 2.24) is 15.1 Å². The Kier molecular flexibility index (Phi) is 6.43. The number of hydrogen-bond donors (Lipinski definition) is 1. The lowest BCUT2D eigenvalue weighted by Crippen LogP contribution is -2.41. The Morgan fingerprint density at radius 1 is 1.45 bits per heavy atom. The summed E-state index contributed by atoms with van der Waals surface area (Å²) in [7, 11) is 0. The summed E-state index contributed by atoms with van der Waals surface area (Å²) in [4.78, 5) is 0. The van der Waals surface area contributed by atoms with E-state index in [-0.39, 0.29) is 0 Å². The molecule has 0 radical (unpaired) electrons. The van der Waals surface area contributed by atoms with Crippen molar-refractivity contribution in [3.63, 3.8) is 0 Å². The van der Waals surface area contributed by atoms with E-state index in [4.69, 9.17) is 0 Å². The van der Waals surface area contributed by atoms with Gasteiger partial charge in [-0.2, -0.15) is 16.9 Å². The predicted octanol–water partition coefficient (Wildman–Crippen LogP) is 3.78.